The average molecular weight is 155 g/mol. The standard InChI is InChI=1S/C8H13NO2/c1-6-3-7(5-9-4-6)8(10)11-2/h5-7H,3-4H2,1-2H3/t6-,7+/m0/s1. The number of methoxy groups -OCH3 is 1. The highest BCUT2D eigenvalue weighted by atomic mass is 16.5. The highest BCUT2D eigenvalue weighted by Gasteiger charge is 2.22. The van der Waals surface area contributed by atoms with Crippen LogP contribution in [0.5, 0.6) is 0 Å². The van der Waals surface area contributed by atoms with Gasteiger partial charge in [0.2, 0.25) is 0 Å². The molecule has 1 aliphatic rings. The minimum absolute atomic E-state index is 0.108. The topological polar surface area (TPSA) is 38.7 Å². The van der Waals surface area contributed by atoms with Gasteiger partial charge in [-0.3, -0.25) is 9.79 Å². The van der Waals surface area contributed by atoms with Crippen molar-refractivity contribution in [3.63, 3.8) is 0 Å². The second-order valence-corrected chi connectivity index (χ2v) is 2.98. The highest BCUT2D eigenvalue weighted by molar-refractivity contribution is 5.90. The van der Waals surface area contributed by atoms with E-state index in [9.17, 15) is 4.79 Å². The fourth-order valence-electron chi connectivity index (χ4n) is 1.25. The van der Waals surface area contributed by atoms with Crippen molar-refractivity contribution in [2.75, 3.05) is 13.7 Å². The summed E-state index contributed by atoms with van der Waals surface area (Å²) in [4.78, 5) is 15.1. The van der Waals surface area contributed by atoms with Gasteiger partial charge in [0.25, 0.3) is 0 Å². The van der Waals surface area contributed by atoms with Crippen molar-refractivity contribution in [3.05, 3.63) is 0 Å². The summed E-state index contributed by atoms with van der Waals surface area (Å²) in [5.74, 6) is 0.230. The zero-order chi connectivity index (χ0) is 8.27. The molecule has 0 saturated heterocycles. The van der Waals surface area contributed by atoms with Crippen molar-refractivity contribution in [2.24, 2.45) is 16.8 Å². The molecule has 0 bridgehead atoms. The predicted octanol–water partition coefficient (Wildman–Crippen LogP) is 0.886. The van der Waals surface area contributed by atoms with Gasteiger partial charge in [-0.25, -0.2) is 0 Å². The predicted molar refractivity (Wildman–Crippen MR) is 42.6 cm³/mol. The quantitative estimate of drug-likeness (QED) is 0.527. The summed E-state index contributed by atoms with van der Waals surface area (Å²) in [6, 6.07) is 0. The van der Waals surface area contributed by atoms with Gasteiger partial charge in [0.1, 0.15) is 0 Å². The lowest BCUT2D eigenvalue weighted by atomic mass is 9.94. The van der Waals surface area contributed by atoms with E-state index in [-0.39, 0.29) is 11.9 Å². The molecule has 1 aliphatic heterocycles. The smallest absolute Gasteiger partial charge is 0.314 e. The van der Waals surface area contributed by atoms with Crippen LogP contribution in [-0.2, 0) is 9.53 Å². The molecule has 2 atom stereocenters. The van der Waals surface area contributed by atoms with Gasteiger partial charge in [-0.05, 0) is 12.3 Å². The van der Waals surface area contributed by atoms with Gasteiger partial charge in [0.15, 0.2) is 0 Å². The summed E-state index contributed by atoms with van der Waals surface area (Å²) in [5, 5.41) is 0. The molecule has 0 radical (unpaired) electrons. The number of carbonyl (C=O) groups excluding carboxylic acids is 1. The number of rotatable bonds is 1. The zero-order valence-corrected chi connectivity index (χ0v) is 6.91. The molecule has 1 heterocycles. The first-order valence-corrected chi connectivity index (χ1v) is 3.82. The molecule has 0 fully saturated rings. The molecule has 0 saturated carbocycles. The first-order valence-electron chi connectivity index (χ1n) is 3.82. The molecule has 0 N–H and O–H groups in total. The summed E-state index contributed by atoms with van der Waals surface area (Å²) in [5.41, 5.74) is 0. The second kappa shape index (κ2) is 3.51. The number of hydrogen-bond donors (Lipinski definition) is 0. The van der Waals surface area contributed by atoms with Crippen LogP contribution >= 0.6 is 0 Å². The Morgan fingerprint density at radius 3 is 3.00 bits per heavy atom. The lowest BCUT2D eigenvalue weighted by molar-refractivity contribution is -0.143. The van der Waals surface area contributed by atoms with Crippen LogP contribution in [0.25, 0.3) is 0 Å². The summed E-state index contributed by atoms with van der Waals surface area (Å²) >= 11 is 0. The molecule has 11 heavy (non-hydrogen) atoms. The maximum atomic E-state index is 11.0. The van der Waals surface area contributed by atoms with Crippen LogP contribution in [0.15, 0.2) is 4.99 Å². The summed E-state index contributed by atoms with van der Waals surface area (Å²) in [6.07, 6.45) is 2.57. The maximum absolute atomic E-state index is 11.0. The van der Waals surface area contributed by atoms with Gasteiger partial charge in [-0.2, -0.15) is 0 Å². The van der Waals surface area contributed by atoms with Crippen LogP contribution in [0.3, 0.4) is 0 Å². The fourth-order valence-corrected chi connectivity index (χ4v) is 1.25. The Kier molecular flexibility index (Phi) is 2.63. The van der Waals surface area contributed by atoms with Gasteiger partial charge in [0, 0.05) is 12.8 Å². The molecule has 0 amide bonds. The van der Waals surface area contributed by atoms with Gasteiger partial charge in [0.05, 0.1) is 13.0 Å². The van der Waals surface area contributed by atoms with Gasteiger partial charge in [-0.15, -0.1) is 0 Å². The molecule has 0 spiro atoms. The van der Waals surface area contributed by atoms with Gasteiger partial charge < -0.3 is 4.74 Å². The Morgan fingerprint density at radius 1 is 1.73 bits per heavy atom. The van der Waals surface area contributed by atoms with E-state index in [2.05, 4.69) is 16.7 Å². The van der Waals surface area contributed by atoms with Crippen molar-refractivity contribution in [3.8, 4) is 0 Å². The third-order valence-electron chi connectivity index (χ3n) is 1.86. The number of carbonyl (C=O) groups is 1. The Balaban J connectivity index is 2.52. The van der Waals surface area contributed by atoms with Crippen LogP contribution in [0.4, 0.5) is 0 Å². The van der Waals surface area contributed by atoms with Crippen LogP contribution in [0, 0.1) is 11.8 Å². The number of esters is 1. The molecule has 0 aliphatic carbocycles. The summed E-state index contributed by atoms with van der Waals surface area (Å²) in [7, 11) is 1.41. The van der Waals surface area contributed by atoms with Gasteiger partial charge in [-0.1, -0.05) is 6.92 Å². The van der Waals surface area contributed by atoms with E-state index in [1.165, 1.54) is 7.11 Å². The molecule has 0 aromatic carbocycles. The molecule has 62 valence electrons. The van der Waals surface area contributed by atoms with Crippen LogP contribution in [0.2, 0.25) is 0 Å². The van der Waals surface area contributed by atoms with Crippen molar-refractivity contribution in [2.45, 2.75) is 13.3 Å². The third-order valence-corrected chi connectivity index (χ3v) is 1.86. The molecule has 3 heteroatoms. The van der Waals surface area contributed by atoms with E-state index in [1.807, 2.05) is 0 Å². The average Bonchev–Trinajstić information content (AvgIpc) is 2.03. The minimum atomic E-state index is -0.166. The van der Waals surface area contributed by atoms with Crippen LogP contribution < -0.4 is 0 Å². The summed E-state index contributed by atoms with van der Waals surface area (Å²) < 4.78 is 4.61. The first-order chi connectivity index (χ1) is 5.24. The van der Waals surface area contributed by atoms with E-state index in [1.54, 1.807) is 6.21 Å². The van der Waals surface area contributed by atoms with E-state index in [0.29, 0.717) is 5.92 Å². The number of nitrogens with zero attached hydrogens (tertiary/aromatic N) is 1. The van der Waals surface area contributed by atoms with Crippen molar-refractivity contribution in [1.29, 1.82) is 0 Å². The van der Waals surface area contributed by atoms with Crippen molar-refractivity contribution < 1.29 is 9.53 Å². The monoisotopic (exact) mass is 155 g/mol. The molecule has 0 aromatic heterocycles. The Bertz CT molecular complexity index is 177. The second-order valence-electron chi connectivity index (χ2n) is 2.98. The largest absolute Gasteiger partial charge is 0.469 e. The molecular formula is C8H13NO2. The normalized spacial score (nSPS) is 30.0. The molecule has 3 nitrogen and oxygen atoms in total. The van der Waals surface area contributed by atoms with E-state index in [0.717, 1.165) is 13.0 Å². The maximum Gasteiger partial charge on any atom is 0.314 e. The molecule has 0 unspecified atom stereocenters. The summed E-state index contributed by atoms with van der Waals surface area (Å²) in [6.45, 7) is 2.93. The number of ether oxygens (including phenoxy) is 1. The number of hydrogen-bond acceptors (Lipinski definition) is 3. The van der Waals surface area contributed by atoms with E-state index >= 15 is 0 Å². The lowest BCUT2D eigenvalue weighted by Gasteiger charge is -2.18. The zero-order valence-electron chi connectivity index (χ0n) is 6.91. The Labute approximate surface area is 66.5 Å². The molecular weight excluding hydrogens is 142 g/mol. The lowest BCUT2D eigenvalue weighted by Crippen LogP contribution is -2.24. The first kappa shape index (κ1) is 8.24. The van der Waals surface area contributed by atoms with Crippen molar-refractivity contribution >= 4 is 12.2 Å². The highest BCUT2D eigenvalue weighted by Crippen LogP contribution is 2.16. The number of aliphatic imine (C=N–C) groups is 1. The molecule has 1 rings (SSSR count). The molecule has 0 aromatic rings. The van der Waals surface area contributed by atoms with E-state index < -0.39 is 0 Å². The van der Waals surface area contributed by atoms with Crippen LogP contribution in [0.1, 0.15) is 13.3 Å². The minimum Gasteiger partial charge on any atom is -0.469 e. The van der Waals surface area contributed by atoms with E-state index in [4.69, 9.17) is 0 Å². The Hall–Kier alpha value is -0.860. The van der Waals surface area contributed by atoms with Crippen LogP contribution in [-0.4, -0.2) is 25.8 Å². The fraction of sp³-hybridized carbons (Fsp3) is 0.750. The van der Waals surface area contributed by atoms with Gasteiger partial charge >= 0.3 is 5.97 Å². The third kappa shape index (κ3) is 2.03. The SMILES string of the molecule is COC(=O)[C@H]1C=NC[C@@H](C)C1. The van der Waals surface area contributed by atoms with Crippen molar-refractivity contribution in [1.82, 2.24) is 0 Å². The Morgan fingerprint density at radius 2 is 2.45 bits per heavy atom.